The molecule has 1 saturated heterocycles. The highest BCUT2D eigenvalue weighted by molar-refractivity contribution is 5.09. The highest BCUT2D eigenvalue weighted by atomic mass is 16.5. The predicted molar refractivity (Wildman–Crippen MR) is 49.6 cm³/mol. The Morgan fingerprint density at radius 1 is 1.64 bits per heavy atom. The van der Waals surface area contributed by atoms with Crippen molar-refractivity contribution in [3.8, 4) is 0 Å². The lowest BCUT2D eigenvalue weighted by molar-refractivity contribution is 0.0918. The van der Waals surface area contributed by atoms with E-state index in [-0.39, 0.29) is 6.10 Å². The minimum Gasteiger partial charge on any atom is -0.376 e. The normalized spacial score (nSPS) is 32.4. The number of hydrogen-bond donors (Lipinski definition) is 1. The number of hydrogen-bond acceptors (Lipinski definition) is 5. The molecule has 0 spiro atoms. The molecule has 1 fully saturated rings. The third kappa shape index (κ3) is 1.33. The van der Waals surface area contributed by atoms with Crippen LogP contribution in [-0.4, -0.2) is 22.9 Å². The number of aromatic nitrogens is 2. The molecule has 0 saturated carbocycles. The molecule has 0 aliphatic carbocycles. The van der Waals surface area contributed by atoms with Gasteiger partial charge >= 0.3 is 0 Å². The van der Waals surface area contributed by atoms with Crippen molar-refractivity contribution in [3.63, 3.8) is 0 Å². The highest BCUT2D eigenvalue weighted by Crippen LogP contribution is 2.31. The second kappa shape index (κ2) is 3.33. The lowest BCUT2D eigenvalue weighted by Gasteiger charge is -2.22. The fourth-order valence-electron chi connectivity index (χ4n) is 1.64. The minimum absolute atomic E-state index is 0.0511. The average molecular weight is 197 g/mol. The third-order valence-corrected chi connectivity index (χ3v) is 2.80. The maximum atomic E-state index is 6.18. The van der Waals surface area contributed by atoms with Gasteiger partial charge in [-0.25, -0.2) is 0 Å². The van der Waals surface area contributed by atoms with Gasteiger partial charge in [-0.15, -0.1) is 0 Å². The molecule has 1 aliphatic rings. The summed E-state index contributed by atoms with van der Waals surface area (Å²) in [6.45, 7) is 4.57. The fraction of sp³-hybridized carbons (Fsp3) is 0.778. The molecule has 2 atom stereocenters. The molecule has 78 valence electrons. The molecule has 2 heterocycles. The van der Waals surface area contributed by atoms with E-state index in [2.05, 4.69) is 10.1 Å². The van der Waals surface area contributed by atoms with Crippen LogP contribution >= 0.6 is 0 Å². The van der Waals surface area contributed by atoms with Gasteiger partial charge in [0.15, 0.2) is 5.82 Å². The molecular formula is C9H15N3O2. The van der Waals surface area contributed by atoms with Crippen LogP contribution < -0.4 is 5.73 Å². The maximum Gasteiger partial charge on any atom is 0.226 e. The van der Waals surface area contributed by atoms with Crippen LogP contribution in [0.3, 0.4) is 0 Å². The molecule has 14 heavy (non-hydrogen) atoms. The number of ether oxygens (including phenoxy) is 1. The molecule has 0 radical (unpaired) electrons. The van der Waals surface area contributed by atoms with Crippen LogP contribution in [0.1, 0.15) is 32.0 Å². The molecule has 1 aromatic heterocycles. The van der Waals surface area contributed by atoms with Crippen molar-refractivity contribution < 1.29 is 9.26 Å². The van der Waals surface area contributed by atoms with Crippen molar-refractivity contribution in [1.82, 2.24) is 10.1 Å². The van der Waals surface area contributed by atoms with E-state index in [9.17, 15) is 0 Å². The van der Waals surface area contributed by atoms with E-state index in [0.29, 0.717) is 18.3 Å². The summed E-state index contributed by atoms with van der Waals surface area (Å²) in [5.74, 6) is 1.20. The standard InChI is InChI=1S/C9H15N3O2/c1-3-7-11-8(12-14-7)9(10)4-5-13-6(9)2/h6H,3-5,10H2,1-2H3. The monoisotopic (exact) mass is 197 g/mol. The first kappa shape index (κ1) is 9.61. The number of nitrogens with two attached hydrogens (primary N) is 1. The van der Waals surface area contributed by atoms with E-state index in [0.717, 1.165) is 12.8 Å². The van der Waals surface area contributed by atoms with Gasteiger partial charge in [-0.3, -0.25) is 0 Å². The van der Waals surface area contributed by atoms with E-state index in [1.54, 1.807) is 0 Å². The first-order valence-electron chi connectivity index (χ1n) is 4.90. The average Bonchev–Trinajstić information content (AvgIpc) is 2.75. The van der Waals surface area contributed by atoms with Crippen LogP contribution in [0, 0.1) is 0 Å². The van der Waals surface area contributed by atoms with Crippen molar-refractivity contribution in [2.45, 2.75) is 38.3 Å². The molecule has 2 unspecified atom stereocenters. The minimum atomic E-state index is -0.572. The van der Waals surface area contributed by atoms with Gasteiger partial charge in [0.1, 0.15) is 5.54 Å². The number of nitrogens with zero attached hydrogens (tertiary/aromatic N) is 2. The lowest BCUT2D eigenvalue weighted by atomic mass is 9.93. The summed E-state index contributed by atoms with van der Waals surface area (Å²) in [5.41, 5.74) is 5.61. The molecule has 0 amide bonds. The number of aryl methyl sites for hydroxylation is 1. The van der Waals surface area contributed by atoms with Gasteiger partial charge in [-0.1, -0.05) is 12.1 Å². The molecule has 0 aromatic carbocycles. The molecule has 1 aliphatic heterocycles. The summed E-state index contributed by atoms with van der Waals surface area (Å²) in [6, 6.07) is 0. The Bertz CT molecular complexity index is 326. The molecule has 5 heteroatoms. The third-order valence-electron chi connectivity index (χ3n) is 2.80. The lowest BCUT2D eigenvalue weighted by Crippen LogP contribution is -2.43. The molecule has 0 bridgehead atoms. The molecule has 5 nitrogen and oxygen atoms in total. The predicted octanol–water partition coefficient (Wildman–Crippen LogP) is 0.595. The second-order valence-electron chi connectivity index (χ2n) is 3.67. The van der Waals surface area contributed by atoms with Crippen LogP contribution in [0.2, 0.25) is 0 Å². The fourth-order valence-corrected chi connectivity index (χ4v) is 1.64. The summed E-state index contributed by atoms with van der Waals surface area (Å²) in [7, 11) is 0. The zero-order valence-electron chi connectivity index (χ0n) is 8.49. The first-order valence-corrected chi connectivity index (χ1v) is 4.90. The van der Waals surface area contributed by atoms with Crippen LogP contribution in [0.5, 0.6) is 0 Å². The van der Waals surface area contributed by atoms with E-state index in [1.807, 2.05) is 13.8 Å². The first-order chi connectivity index (χ1) is 6.66. The molecule has 2 rings (SSSR count). The summed E-state index contributed by atoms with van der Waals surface area (Å²) in [6.07, 6.45) is 1.43. The topological polar surface area (TPSA) is 74.2 Å². The van der Waals surface area contributed by atoms with Crippen molar-refractivity contribution >= 4 is 0 Å². The molecular weight excluding hydrogens is 182 g/mol. The Morgan fingerprint density at radius 3 is 2.93 bits per heavy atom. The van der Waals surface area contributed by atoms with Crippen molar-refractivity contribution in [2.24, 2.45) is 5.73 Å². The van der Waals surface area contributed by atoms with Gasteiger partial charge in [0.25, 0.3) is 0 Å². The summed E-state index contributed by atoms with van der Waals surface area (Å²) >= 11 is 0. The van der Waals surface area contributed by atoms with E-state index in [1.165, 1.54) is 0 Å². The van der Waals surface area contributed by atoms with E-state index >= 15 is 0 Å². The quantitative estimate of drug-likeness (QED) is 0.751. The zero-order chi connectivity index (χ0) is 10.2. The SMILES string of the molecule is CCc1nc(C2(N)CCOC2C)no1. The van der Waals surface area contributed by atoms with Gasteiger partial charge in [0.2, 0.25) is 5.89 Å². The summed E-state index contributed by atoms with van der Waals surface area (Å²) in [5, 5.41) is 3.90. The van der Waals surface area contributed by atoms with Crippen LogP contribution in [0.25, 0.3) is 0 Å². The van der Waals surface area contributed by atoms with Gasteiger partial charge in [-0.2, -0.15) is 4.98 Å². The molecule has 2 N–H and O–H groups in total. The highest BCUT2D eigenvalue weighted by Gasteiger charge is 2.43. The zero-order valence-corrected chi connectivity index (χ0v) is 8.49. The van der Waals surface area contributed by atoms with Crippen molar-refractivity contribution in [1.29, 1.82) is 0 Å². The Balaban J connectivity index is 2.28. The van der Waals surface area contributed by atoms with E-state index in [4.69, 9.17) is 15.0 Å². The Kier molecular flexibility index (Phi) is 2.28. The second-order valence-corrected chi connectivity index (χ2v) is 3.67. The van der Waals surface area contributed by atoms with Gasteiger partial charge in [0.05, 0.1) is 6.10 Å². The Hall–Kier alpha value is -0.940. The van der Waals surface area contributed by atoms with Crippen LogP contribution in [-0.2, 0) is 16.7 Å². The summed E-state index contributed by atoms with van der Waals surface area (Å²) in [4.78, 5) is 4.25. The summed E-state index contributed by atoms with van der Waals surface area (Å²) < 4.78 is 10.5. The van der Waals surface area contributed by atoms with Gasteiger partial charge < -0.3 is 15.0 Å². The smallest absolute Gasteiger partial charge is 0.226 e. The maximum absolute atomic E-state index is 6.18. The van der Waals surface area contributed by atoms with Crippen LogP contribution in [0.15, 0.2) is 4.52 Å². The Labute approximate surface area is 82.6 Å². The van der Waals surface area contributed by atoms with E-state index < -0.39 is 5.54 Å². The molecule has 1 aromatic rings. The van der Waals surface area contributed by atoms with Crippen molar-refractivity contribution in [2.75, 3.05) is 6.61 Å². The van der Waals surface area contributed by atoms with Crippen LogP contribution in [0.4, 0.5) is 0 Å². The van der Waals surface area contributed by atoms with Crippen molar-refractivity contribution in [3.05, 3.63) is 11.7 Å². The largest absolute Gasteiger partial charge is 0.376 e. The Morgan fingerprint density at radius 2 is 2.43 bits per heavy atom. The van der Waals surface area contributed by atoms with Gasteiger partial charge in [0, 0.05) is 13.0 Å². The number of rotatable bonds is 2. The van der Waals surface area contributed by atoms with Gasteiger partial charge in [-0.05, 0) is 13.3 Å².